The summed E-state index contributed by atoms with van der Waals surface area (Å²) in [6, 6.07) is 10.4. The van der Waals surface area contributed by atoms with Crippen molar-refractivity contribution in [3.05, 3.63) is 52.3 Å². The molecule has 0 aliphatic carbocycles. The Balaban J connectivity index is 2.12. The van der Waals surface area contributed by atoms with Gasteiger partial charge in [-0.1, -0.05) is 12.1 Å². The summed E-state index contributed by atoms with van der Waals surface area (Å²) in [5, 5.41) is 0. The van der Waals surface area contributed by atoms with E-state index in [9.17, 15) is 4.39 Å². The van der Waals surface area contributed by atoms with Crippen molar-refractivity contribution in [2.24, 2.45) is 0 Å². The average molecular weight is 340 g/mol. The van der Waals surface area contributed by atoms with Gasteiger partial charge in [-0.05, 0) is 40.0 Å². The van der Waals surface area contributed by atoms with Crippen LogP contribution in [0.3, 0.4) is 0 Å². The monoisotopic (exact) mass is 339 g/mol. The first-order chi connectivity index (χ1) is 9.60. The smallest absolute Gasteiger partial charge is 0.151 e. The fraction of sp³-hybridized carbons (Fsp3) is 0.200. The molecule has 0 fully saturated rings. The number of hydrogen-bond acceptors (Lipinski definition) is 3. The molecule has 3 nitrogen and oxygen atoms in total. The van der Waals surface area contributed by atoms with Gasteiger partial charge < -0.3 is 15.2 Å². The second-order valence-electron chi connectivity index (χ2n) is 4.29. The van der Waals surface area contributed by atoms with Crippen LogP contribution < -0.4 is 10.5 Å². The summed E-state index contributed by atoms with van der Waals surface area (Å²) in [5.41, 5.74) is 7.15. The lowest BCUT2D eigenvalue weighted by molar-refractivity contribution is 0.202. The molecule has 0 saturated carbocycles. The van der Waals surface area contributed by atoms with E-state index in [1.807, 2.05) is 24.3 Å². The molecule has 0 aliphatic heterocycles. The summed E-state index contributed by atoms with van der Waals surface area (Å²) in [7, 11) is 1.67. The second-order valence-corrected chi connectivity index (χ2v) is 5.15. The van der Waals surface area contributed by atoms with Crippen LogP contribution in [0.4, 0.5) is 10.1 Å². The van der Waals surface area contributed by atoms with Crippen LogP contribution in [0, 0.1) is 5.82 Å². The van der Waals surface area contributed by atoms with E-state index >= 15 is 0 Å². The van der Waals surface area contributed by atoms with E-state index in [0.29, 0.717) is 22.6 Å². The molecule has 2 aromatic carbocycles. The van der Waals surface area contributed by atoms with Crippen molar-refractivity contribution in [2.45, 2.75) is 6.42 Å². The van der Waals surface area contributed by atoms with Crippen LogP contribution in [0.5, 0.6) is 11.5 Å². The maximum Gasteiger partial charge on any atom is 0.151 e. The number of methoxy groups -OCH3 is 1. The van der Waals surface area contributed by atoms with Crippen LogP contribution in [-0.2, 0) is 11.2 Å². The molecule has 0 amide bonds. The Morgan fingerprint density at radius 2 is 1.90 bits per heavy atom. The molecule has 0 unspecified atom stereocenters. The number of nitrogens with two attached hydrogens (primary N) is 1. The van der Waals surface area contributed by atoms with E-state index in [1.165, 1.54) is 12.1 Å². The molecule has 0 heterocycles. The van der Waals surface area contributed by atoms with Crippen molar-refractivity contribution < 1.29 is 13.9 Å². The molecule has 0 radical (unpaired) electrons. The predicted molar refractivity (Wildman–Crippen MR) is 80.6 cm³/mol. The number of hydrogen-bond donors (Lipinski definition) is 1. The predicted octanol–water partition coefficient (Wildman–Crippen LogP) is 4.15. The Kier molecular flexibility index (Phi) is 4.98. The zero-order chi connectivity index (χ0) is 14.5. The van der Waals surface area contributed by atoms with E-state index < -0.39 is 5.82 Å². The fourth-order valence-electron chi connectivity index (χ4n) is 1.70. The van der Waals surface area contributed by atoms with Gasteiger partial charge in [-0.2, -0.15) is 0 Å². The highest BCUT2D eigenvalue weighted by Gasteiger charge is 2.08. The number of rotatable bonds is 5. The second kappa shape index (κ2) is 6.72. The number of ether oxygens (including phenoxy) is 2. The first kappa shape index (κ1) is 14.8. The minimum Gasteiger partial charge on any atom is -0.455 e. The van der Waals surface area contributed by atoms with Gasteiger partial charge in [0.15, 0.2) is 5.75 Å². The number of nitrogen functional groups attached to an aromatic ring is 1. The van der Waals surface area contributed by atoms with Crippen molar-refractivity contribution in [3.8, 4) is 11.5 Å². The van der Waals surface area contributed by atoms with E-state index in [-0.39, 0.29) is 5.69 Å². The highest BCUT2D eigenvalue weighted by molar-refractivity contribution is 9.10. The van der Waals surface area contributed by atoms with Gasteiger partial charge in [0, 0.05) is 19.2 Å². The minimum atomic E-state index is -0.412. The first-order valence-electron chi connectivity index (χ1n) is 6.10. The van der Waals surface area contributed by atoms with Crippen molar-refractivity contribution in [1.82, 2.24) is 0 Å². The molecule has 2 N–H and O–H groups in total. The number of halogens is 2. The van der Waals surface area contributed by atoms with E-state index in [1.54, 1.807) is 7.11 Å². The molecule has 0 bridgehead atoms. The quantitative estimate of drug-likeness (QED) is 0.832. The lowest BCUT2D eigenvalue weighted by atomic mass is 10.1. The third-order valence-electron chi connectivity index (χ3n) is 2.80. The molecule has 0 saturated heterocycles. The topological polar surface area (TPSA) is 44.5 Å². The van der Waals surface area contributed by atoms with Gasteiger partial charge in [0.25, 0.3) is 0 Å². The lowest BCUT2D eigenvalue weighted by Crippen LogP contribution is -1.96. The van der Waals surface area contributed by atoms with Crippen molar-refractivity contribution in [2.75, 3.05) is 19.5 Å². The summed E-state index contributed by atoms with van der Waals surface area (Å²) in [6.07, 6.45) is 0.848. The number of benzene rings is 2. The Hall–Kier alpha value is -1.59. The highest BCUT2D eigenvalue weighted by atomic mass is 79.9. The minimum absolute atomic E-state index is 0.258. The van der Waals surface area contributed by atoms with Crippen LogP contribution in [0.15, 0.2) is 40.9 Å². The first-order valence-corrected chi connectivity index (χ1v) is 6.89. The molecular formula is C15H15BrFNO2. The molecule has 0 aromatic heterocycles. The molecule has 2 rings (SSSR count). The summed E-state index contributed by atoms with van der Waals surface area (Å²) in [4.78, 5) is 0. The van der Waals surface area contributed by atoms with Gasteiger partial charge in [-0.3, -0.25) is 0 Å². The normalized spacial score (nSPS) is 10.6. The molecule has 106 valence electrons. The standard InChI is InChI=1S/C15H15BrFNO2/c1-19-7-6-10-2-4-11(5-3-10)20-15-8-12(16)13(17)9-14(15)18/h2-5,8-9H,6-7,18H2,1H3. The zero-order valence-corrected chi connectivity index (χ0v) is 12.6. The van der Waals surface area contributed by atoms with Crippen LogP contribution in [0.2, 0.25) is 0 Å². The fourth-order valence-corrected chi connectivity index (χ4v) is 2.03. The van der Waals surface area contributed by atoms with Crippen molar-refractivity contribution in [1.29, 1.82) is 0 Å². The van der Waals surface area contributed by atoms with Crippen LogP contribution >= 0.6 is 15.9 Å². The molecular weight excluding hydrogens is 325 g/mol. The molecule has 20 heavy (non-hydrogen) atoms. The molecule has 0 spiro atoms. The average Bonchev–Trinajstić information content (AvgIpc) is 2.44. The van der Waals surface area contributed by atoms with Crippen LogP contribution in [0.25, 0.3) is 0 Å². The number of anilines is 1. The Labute approximate surface area is 125 Å². The molecule has 0 aliphatic rings. The highest BCUT2D eigenvalue weighted by Crippen LogP contribution is 2.32. The molecule has 5 heteroatoms. The van der Waals surface area contributed by atoms with E-state index in [4.69, 9.17) is 15.2 Å². The SMILES string of the molecule is COCCc1ccc(Oc2cc(Br)c(F)cc2N)cc1. The van der Waals surface area contributed by atoms with Crippen LogP contribution in [-0.4, -0.2) is 13.7 Å². The Bertz CT molecular complexity index is 587. The zero-order valence-electron chi connectivity index (χ0n) is 11.0. The van der Waals surface area contributed by atoms with Gasteiger partial charge >= 0.3 is 0 Å². The van der Waals surface area contributed by atoms with Gasteiger partial charge in [-0.25, -0.2) is 4.39 Å². The largest absolute Gasteiger partial charge is 0.455 e. The summed E-state index contributed by atoms with van der Waals surface area (Å²) in [5.74, 6) is 0.657. The van der Waals surface area contributed by atoms with Crippen molar-refractivity contribution >= 4 is 21.6 Å². The van der Waals surface area contributed by atoms with Gasteiger partial charge in [0.1, 0.15) is 11.6 Å². The van der Waals surface area contributed by atoms with Gasteiger partial charge in [0.2, 0.25) is 0 Å². The van der Waals surface area contributed by atoms with E-state index in [2.05, 4.69) is 15.9 Å². The maximum atomic E-state index is 13.3. The molecule has 2 aromatic rings. The maximum absolute atomic E-state index is 13.3. The van der Waals surface area contributed by atoms with Gasteiger partial charge in [-0.15, -0.1) is 0 Å². The molecule has 0 atom stereocenters. The van der Waals surface area contributed by atoms with Gasteiger partial charge in [0.05, 0.1) is 16.8 Å². The van der Waals surface area contributed by atoms with E-state index in [0.717, 1.165) is 12.0 Å². The van der Waals surface area contributed by atoms with Crippen LogP contribution in [0.1, 0.15) is 5.56 Å². The summed E-state index contributed by atoms with van der Waals surface area (Å²) in [6.45, 7) is 0.679. The lowest BCUT2D eigenvalue weighted by Gasteiger charge is -2.10. The van der Waals surface area contributed by atoms with Crippen molar-refractivity contribution in [3.63, 3.8) is 0 Å². The Morgan fingerprint density at radius 3 is 2.55 bits per heavy atom. The summed E-state index contributed by atoms with van der Waals surface area (Å²) < 4.78 is 24.3. The Morgan fingerprint density at radius 1 is 1.20 bits per heavy atom. The third-order valence-corrected chi connectivity index (χ3v) is 3.41. The third kappa shape index (κ3) is 3.71. The summed E-state index contributed by atoms with van der Waals surface area (Å²) >= 11 is 3.11.